The highest BCUT2D eigenvalue weighted by atomic mass is 16.5. The van der Waals surface area contributed by atoms with Crippen molar-refractivity contribution < 1.29 is 29.6 Å². The van der Waals surface area contributed by atoms with Crippen LogP contribution in [0.25, 0.3) is 0 Å². The van der Waals surface area contributed by atoms with Crippen LogP contribution < -0.4 is 4.74 Å². The van der Waals surface area contributed by atoms with Crippen LogP contribution in [0.3, 0.4) is 0 Å². The predicted octanol–water partition coefficient (Wildman–Crippen LogP) is 4.90. The summed E-state index contributed by atoms with van der Waals surface area (Å²) in [6.45, 7) is 9.95. The Hall–Kier alpha value is -2.28. The molecule has 0 saturated heterocycles. The first-order valence-corrected chi connectivity index (χ1v) is 13.7. The van der Waals surface area contributed by atoms with Gasteiger partial charge in [0.05, 0.1) is 18.2 Å². The van der Waals surface area contributed by atoms with Gasteiger partial charge >= 0.3 is 5.97 Å². The average Bonchev–Trinajstić information content (AvgIpc) is 3.12. The first-order valence-electron chi connectivity index (χ1n) is 13.7. The number of aliphatic hydroxyl groups excluding tert-OH is 1. The Bertz CT molecular complexity index is 1080. The molecule has 2 aliphatic carbocycles. The third-order valence-corrected chi connectivity index (χ3v) is 10.5. The van der Waals surface area contributed by atoms with Crippen LogP contribution in [0.5, 0.6) is 11.5 Å². The maximum atomic E-state index is 13.3. The van der Waals surface area contributed by atoms with E-state index >= 15 is 0 Å². The van der Waals surface area contributed by atoms with Gasteiger partial charge in [-0.2, -0.15) is 0 Å². The Labute approximate surface area is 213 Å². The molecule has 36 heavy (non-hydrogen) atoms. The minimum Gasteiger partial charge on any atom is -0.508 e. The molecule has 1 aromatic carbocycles. The summed E-state index contributed by atoms with van der Waals surface area (Å²) in [5.74, 6) is 0.534. The summed E-state index contributed by atoms with van der Waals surface area (Å²) < 4.78 is 7.16. The monoisotopic (exact) mass is 499 g/mol. The molecule has 0 bridgehead atoms. The quantitative estimate of drug-likeness (QED) is 0.481. The standard InChI is InChI=1S/C29H41NO6/c1-17-9-10-22-27(2,3)23(32)11-12-29(22)28(17,4)15-19-21(31)14-18-20(25(19)36-29)16-30(26(18)35)13-7-5-6-8-24(33)34/h14,17,22-23,31-32H,5-13,15-16H2,1-4H3,(H,33,34)/t17-,22-,23-,28+,29-/m0/s1. The molecule has 0 unspecified atom stereocenters. The van der Waals surface area contributed by atoms with Gasteiger partial charge in [0, 0.05) is 35.4 Å². The number of phenolic OH excluding ortho intramolecular Hbond substituents is 1. The van der Waals surface area contributed by atoms with E-state index in [4.69, 9.17) is 9.84 Å². The van der Waals surface area contributed by atoms with Crippen LogP contribution in [0.1, 0.15) is 101 Å². The van der Waals surface area contributed by atoms with Crippen molar-refractivity contribution in [1.29, 1.82) is 0 Å². The number of hydrogen-bond acceptors (Lipinski definition) is 5. The van der Waals surface area contributed by atoms with Crippen molar-refractivity contribution in [2.45, 2.75) is 104 Å². The van der Waals surface area contributed by atoms with Gasteiger partial charge in [0.15, 0.2) is 0 Å². The number of phenols is 1. The van der Waals surface area contributed by atoms with Crippen molar-refractivity contribution in [3.05, 3.63) is 22.8 Å². The number of aliphatic carboxylic acids is 1. The minimum absolute atomic E-state index is 0.0938. The number of benzene rings is 1. The zero-order chi connectivity index (χ0) is 26.0. The Balaban J connectivity index is 1.48. The summed E-state index contributed by atoms with van der Waals surface area (Å²) in [7, 11) is 0. The second-order valence-corrected chi connectivity index (χ2v) is 12.7. The highest BCUT2D eigenvalue weighted by Crippen LogP contribution is 2.67. The zero-order valence-electron chi connectivity index (χ0n) is 22.1. The number of carbonyl (C=O) groups excluding carboxylic acids is 1. The molecule has 7 heteroatoms. The number of carboxylic acids is 1. The zero-order valence-corrected chi connectivity index (χ0v) is 22.1. The lowest BCUT2D eigenvalue weighted by molar-refractivity contribution is -0.233. The second kappa shape index (κ2) is 8.64. The number of hydrogen-bond donors (Lipinski definition) is 3. The van der Waals surface area contributed by atoms with Crippen LogP contribution in [-0.2, 0) is 17.8 Å². The van der Waals surface area contributed by atoms with E-state index in [-0.39, 0.29) is 40.9 Å². The summed E-state index contributed by atoms with van der Waals surface area (Å²) in [4.78, 5) is 25.8. The lowest BCUT2D eigenvalue weighted by Gasteiger charge is -2.67. The molecule has 5 rings (SSSR count). The Morgan fingerprint density at radius 1 is 1.14 bits per heavy atom. The highest BCUT2D eigenvalue weighted by Gasteiger charge is 2.67. The van der Waals surface area contributed by atoms with Gasteiger partial charge in [-0.15, -0.1) is 0 Å². The van der Waals surface area contributed by atoms with Crippen LogP contribution >= 0.6 is 0 Å². The fourth-order valence-corrected chi connectivity index (χ4v) is 8.03. The van der Waals surface area contributed by atoms with Gasteiger partial charge in [0.25, 0.3) is 5.91 Å². The maximum absolute atomic E-state index is 13.3. The van der Waals surface area contributed by atoms with Crippen LogP contribution in [0.15, 0.2) is 6.07 Å². The molecule has 7 nitrogen and oxygen atoms in total. The predicted molar refractivity (Wildman–Crippen MR) is 135 cm³/mol. The molecule has 1 amide bonds. The van der Waals surface area contributed by atoms with E-state index in [1.54, 1.807) is 11.0 Å². The van der Waals surface area contributed by atoms with Crippen molar-refractivity contribution >= 4 is 11.9 Å². The van der Waals surface area contributed by atoms with Crippen molar-refractivity contribution in [2.24, 2.45) is 22.7 Å². The fourth-order valence-electron chi connectivity index (χ4n) is 8.03. The third-order valence-electron chi connectivity index (χ3n) is 10.5. The average molecular weight is 500 g/mol. The van der Waals surface area contributed by atoms with E-state index in [1.807, 2.05) is 0 Å². The van der Waals surface area contributed by atoms with Crippen LogP contribution in [0.2, 0.25) is 0 Å². The fraction of sp³-hybridized carbons (Fsp3) is 0.724. The summed E-state index contributed by atoms with van der Waals surface area (Å²) in [5.41, 5.74) is 1.29. The van der Waals surface area contributed by atoms with Crippen molar-refractivity contribution in [3.8, 4) is 11.5 Å². The van der Waals surface area contributed by atoms with Crippen LogP contribution in [0.4, 0.5) is 0 Å². The number of amides is 1. The number of carbonyl (C=O) groups is 2. The normalized spacial score (nSPS) is 34.3. The van der Waals surface area contributed by atoms with E-state index in [0.717, 1.165) is 43.2 Å². The lowest BCUT2D eigenvalue weighted by Crippen LogP contribution is -2.70. The SMILES string of the molecule is C[C@H]1CC[C@H]2C(C)(C)[C@@H](O)CC[C@]23Oc2c(c(O)cc4c2CN(CCCCCC(=O)O)C4=O)C[C@]13C. The molecule has 2 fully saturated rings. The van der Waals surface area contributed by atoms with Crippen LogP contribution in [-0.4, -0.2) is 50.3 Å². The maximum Gasteiger partial charge on any atom is 0.303 e. The van der Waals surface area contributed by atoms with Crippen molar-refractivity contribution in [3.63, 3.8) is 0 Å². The molecule has 0 aromatic heterocycles. The second-order valence-electron chi connectivity index (χ2n) is 12.7. The van der Waals surface area contributed by atoms with E-state index < -0.39 is 11.6 Å². The molecule has 5 atom stereocenters. The van der Waals surface area contributed by atoms with Crippen molar-refractivity contribution in [2.75, 3.05) is 6.54 Å². The number of fused-ring (bicyclic) bond motifs is 3. The topological polar surface area (TPSA) is 107 Å². The van der Waals surface area contributed by atoms with Crippen molar-refractivity contribution in [1.82, 2.24) is 4.90 Å². The number of nitrogens with zero attached hydrogens (tertiary/aromatic N) is 1. The molecule has 2 saturated carbocycles. The Morgan fingerprint density at radius 3 is 2.61 bits per heavy atom. The molecule has 3 N–H and O–H groups in total. The van der Waals surface area contributed by atoms with Gasteiger partial charge in [-0.3, -0.25) is 9.59 Å². The molecule has 198 valence electrons. The number of aromatic hydroxyl groups is 1. The van der Waals surface area contributed by atoms with Gasteiger partial charge < -0.3 is 25.0 Å². The van der Waals surface area contributed by atoms with Gasteiger partial charge in [-0.25, -0.2) is 0 Å². The largest absolute Gasteiger partial charge is 0.508 e. The molecular formula is C29H41NO6. The Morgan fingerprint density at radius 2 is 1.89 bits per heavy atom. The number of rotatable bonds is 6. The lowest BCUT2D eigenvalue weighted by atomic mass is 9.43. The molecule has 2 heterocycles. The molecule has 1 aromatic rings. The number of aliphatic hydroxyl groups is 1. The number of ether oxygens (including phenoxy) is 1. The molecule has 4 aliphatic rings. The van der Waals surface area contributed by atoms with Gasteiger partial charge in [-0.05, 0) is 62.3 Å². The van der Waals surface area contributed by atoms with E-state index in [1.165, 1.54) is 0 Å². The summed E-state index contributed by atoms with van der Waals surface area (Å²) in [6.07, 6.45) is 6.10. The first-order chi connectivity index (χ1) is 16.9. The van der Waals surface area contributed by atoms with E-state index in [2.05, 4.69) is 27.7 Å². The molecule has 1 spiro atoms. The summed E-state index contributed by atoms with van der Waals surface area (Å²) in [6, 6.07) is 1.63. The highest BCUT2D eigenvalue weighted by molar-refractivity contribution is 6.00. The molecule has 0 radical (unpaired) electrons. The van der Waals surface area contributed by atoms with Crippen LogP contribution in [0, 0.1) is 22.7 Å². The van der Waals surface area contributed by atoms with Gasteiger partial charge in [0.2, 0.25) is 0 Å². The summed E-state index contributed by atoms with van der Waals surface area (Å²) >= 11 is 0. The van der Waals surface area contributed by atoms with Gasteiger partial charge in [-0.1, -0.05) is 34.1 Å². The minimum atomic E-state index is -0.793. The molecular weight excluding hydrogens is 458 g/mol. The number of unbranched alkanes of at least 4 members (excludes halogenated alkanes) is 2. The first kappa shape index (κ1) is 25.4. The third kappa shape index (κ3) is 3.56. The number of carboxylic acid groups (broad SMARTS) is 1. The molecule has 2 aliphatic heterocycles. The smallest absolute Gasteiger partial charge is 0.303 e. The Kier molecular flexibility index (Phi) is 6.09. The van der Waals surface area contributed by atoms with E-state index in [0.29, 0.717) is 49.6 Å². The van der Waals surface area contributed by atoms with Gasteiger partial charge in [0.1, 0.15) is 17.1 Å². The van der Waals surface area contributed by atoms with E-state index in [9.17, 15) is 19.8 Å². The summed E-state index contributed by atoms with van der Waals surface area (Å²) in [5, 5.41) is 30.9.